The van der Waals surface area contributed by atoms with Crippen LogP contribution in [0.4, 0.5) is 0 Å². The van der Waals surface area contributed by atoms with Crippen molar-refractivity contribution in [3.63, 3.8) is 0 Å². The Hall–Kier alpha value is -0.300. The van der Waals surface area contributed by atoms with Gasteiger partial charge in [0.15, 0.2) is 5.96 Å². The molecule has 0 amide bonds. The Labute approximate surface area is 152 Å². The highest BCUT2D eigenvalue weighted by Gasteiger charge is 2.39. The van der Waals surface area contributed by atoms with Gasteiger partial charge in [-0.05, 0) is 43.4 Å². The molecule has 0 radical (unpaired) electrons. The molecule has 0 saturated heterocycles. The molecule has 21 heavy (non-hydrogen) atoms. The first-order valence-electron chi connectivity index (χ1n) is 7.40. The van der Waals surface area contributed by atoms with Crippen molar-refractivity contribution in [2.45, 2.75) is 43.6 Å². The van der Waals surface area contributed by atoms with Gasteiger partial charge in [0.1, 0.15) is 0 Å². The fourth-order valence-corrected chi connectivity index (χ4v) is 3.35. The second kappa shape index (κ2) is 6.86. The molecule has 5 heteroatoms. The molecular weight excluding hydrogens is 441 g/mol. The van der Waals surface area contributed by atoms with E-state index in [1.54, 1.807) is 0 Å². The Morgan fingerprint density at radius 3 is 2.67 bits per heavy atom. The minimum absolute atomic E-state index is 0. The fourth-order valence-electron chi connectivity index (χ4n) is 2.95. The second-order valence-corrected chi connectivity index (χ2v) is 7.08. The van der Waals surface area contributed by atoms with E-state index < -0.39 is 0 Å². The minimum atomic E-state index is 0. The monoisotopic (exact) mass is 463 g/mol. The lowest BCUT2D eigenvalue weighted by atomic mass is 9.64. The van der Waals surface area contributed by atoms with Gasteiger partial charge in [0.25, 0.3) is 0 Å². The maximum atomic E-state index is 6.12. The average molecular weight is 464 g/mol. The summed E-state index contributed by atoms with van der Waals surface area (Å²) in [6.07, 6.45) is 6.23. The number of hydrogen-bond acceptors (Lipinski definition) is 1. The summed E-state index contributed by atoms with van der Waals surface area (Å²) in [5, 5.41) is 0. The van der Waals surface area contributed by atoms with Gasteiger partial charge < -0.3 is 10.6 Å². The molecule has 2 aliphatic rings. The minimum Gasteiger partial charge on any atom is -0.370 e. The molecule has 3 rings (SSSR count). The van der Waals surface area contributed by atoms with Gasteiger partial charge in [-0.25, -0.2) is 0 Å². The predicted octanol–water partition coefficient (Wildman–Crippen LogP) is 3.90. The van der Waals surface area contributed by atoms with E-state index in [1.807, 2.05) is 0 Å². The van der Waals surface area contributed by atoms with Gasteiger partial charge in [0, 0.05) is 23.0 Å². The summed E-state index contributed by atoms with van der Waals surface area (Å²) in [7, 11) is 2.06. The maximum absolute atomic E-state index is 6.12. The van der Waals surface area contributed by atoms with Crippen LogP contribution in [0.5, 0.6) is 0 Å². The lowest BCUT2D eigenvalue weighted by molar-refractivity contribution is 0.252. The van der Waals surface area contributed by atoms with Crippen LogP contribution in [0, 0.1) is 0 Å². The zero-order valence-electron chi connectivity index (χ0n) is 12.4. The Morgan fingerprint density at radius 2 is 2.14 bits per heavy atom. The first-order valence-corrected chi connectivity index (χ1v) is 8.19. The molecule has 2 fully saturated rings. The van der Waals surface area contributed by atoms with Gasteiger partial charge in [-0.2, -0.15) is 0 Å². The lowest BCUT2D eigenvalue weighted by Crippen LogP contribution is -2.41. The third kappa shape index (κ3) is 3.73. The Bertz CT molecular complexity index is 524. The van der Waals surface area contributed by atoms with Crippen molar-refractivity contribution in [3.05, 3.63) is 34.3 Å². The SMILES string of the molecule is CN(C(N)=NCC1(c2cccc(Br)c2)CCC1)C1CC1.I. The van der Waals surface area contributed by atoms with Crippen LogP contribution in [0.15, 0.2) is 33.7 Å². The Balaban J connectivity index is 0.00000161. The summed E-state index contributed by atoms with van der Waals surface area (Å²) in [6, 6.07) is 9.27. The molecule has 0 bridgehead atoms. The fraction of sp³-hybridized carbons (Fsp3) is 0.562. The molecular formula is C16H23BrIN3. The van der Waals surface area contributed by atoms with Crippen molar-refractivity contribution in [1.82, 2.24) is 4.90 Å². The number of halogens is 2. The Morgan fingerprint density at radius 1 is 1.43 bits per heavy atom. The van der Waals surface area contributed by atoms with Gasteiger partial charge in [-0.3, -0.25) is 4.99 Å². The summed E-state index contributed by atoms with van der Waals surface area (Å²) >= 11 is 3.57. The van der Waals surface area contributed by atoms with Gasteiger partial charge in [0.05, 0.1) is 6.54 Å². The van der Waals surface area contributed by atoms with Crippen molar-refractivity contribution in [3.8, 4) is 0 Å². The molecule has 2 N–H and O–H groups in total. The second-order valence-electron chi connectivity index (χ2n) is 6.16. The molecule has 0 spiro atoms. The van der Waals surface area contributed by atoms with Crippen LogP contribution in [0.25, 0.3) is 0 Å². The average Bonchev–Trinajstić information content (AvgIpc) is 3.20. The molecule has 0 atom stereocenters. The molecule has 3 nitrogen and oxygen atoms in total. The standard InChI is InChI=1S/C16H22BrN3.HI/c1-20(14-6-7-14)15(18)19-11-16(8-3-9-16)12-4-2-5-13(17)10-12;/h2,4-5,10,14H,3,6-9,11H2,1H3,(H2,18,19);1H. The molecule has 1 aromatic rings. The van der Waals surface area contributed by atoms with Gasteiger partial charge >= 0.3 is 0 Å². The van der Waals surface area contributed by atoms with Crippen molar-refractivity contribution in [2.24, 2.45) is 10.7 Å². The number of nitrogens with zero attached hydrogens (tertiary/aromatic N) is 2. The summed E-state index contributed by atoms with van der Waals surface area (Å²) in [5.41, 5.74) is 7.72. The number of aliphatic imine (C=N–C) groups is 1. The number of guanidine groups is 1. The van der Waals surface area contributed by atoms with E-state index in [9.17, 15) is 0 Å². The van der Waals surface area contributed by atoms with E-state index in [-0.39, 0.29) is 29.4 Å². The van der Waals surface area contributed by atoms with Crippen molar-refractivity contribution in [1.29, 1.82) is 0 Å². The van der Waals surface area contributed by atoms with Crippen molar-refractivity contribution in [2.75, 3.05) is 13.6 Å². The molecule has 0 aromatic heterocycles. The van der Waals surface area contributed by atoms with Gasteiger partial charge in [-0.15, -0.1) is 24.0 Å². The number of hydrogen-bond donors (Lipinski definition) is 1. The molecule has 1 aromatic carbocycles. The highest BCUT2D eigenvalue weighted by molar-refractivity contribution is 14.0. The van der Waals surface area contributed by atoms with Gasteiger partial charge in [-0.1, -0.05) is 34.5 Å². The van der Waals surface area contributed by atoms with E-state index in [0.717, 1.165) is 11.0 Å². The number of rotatable bonds is 4. The lowest BCUT2D eigenvalue weighted by Gasteiger charge is -2.41. The highest BCUT2D eigenvalue weighted by Crippen LogP contribution is 2.44. The van der Waals surface area contributed by atoms with E-state index in [4.69, 9.17) is 10.7 Å². The maximum Gasteiger partial charge on any atom is 0.191 e. The highest BCUT2D eigenvalue weighted by atomic mass is 127. The number of nitrogens with two attached hydrogens (primary N) is 1. The van der Waals surface area contributed by atoms with E-state index in [1.165, 1.54) is 37.7 Å². The zero-order valence-corrected chi connectivity index (χ0v) is 16.3. The van der Waals surface area contributed by atoms with Crippen LogP contribution in [0.1, 0.15) is 37.7 Å². The summed E-state index contributed by atoms with van der Waals surface area (Å²) in [6.45, 7) is 0.812. The molecule has 2 aliphatic carbocycles. The zero-order chi connectivity index (χ0) is 14.2. The molecule has 2 saturated carbocycles. The largest absolute Gasteiger partial charge is 0.370 e. The van der Waals surface area contributed by atoms with Crippen molar-refractivity contribution < 1.29 is 0 Å². The van der Waals surface area contributed by atoms with Gasteiger partial charge in [0.2, 0.25) is 0 Å². The topological polar surface area (TPSA) is 41.6 Å². The summed E-state index contributed by atoms with van der Waals surface area (Å²) in [4.78, 5) is 6.82. The first kappa shape index (κ1) is 17.1. The normalized spacial score (nSPS) is 20.4. The quantitative estimate of drug-likeness (QED) is 0.418. The smallest absolute Gasteiger partial charge is 0.191 e. The molecule has 0 aliphatic heterocycles. The summed E-state index contributed by atoms with van der Waals surface area (Å²) < 4.78 is 1.15. The third-order valence-corrected chi connectivity index (χ3v) is 5.24. The van der Waals surface area contributed by atoms with E-state index >= 15 is 0 Å². The summed E-state index contributed by atoms with van der Waals surface area (Å²) in [5.74, 6) is 0.703. The molecule has 0 unspecified atom stereocenters. The van der Waals surface area contributed by atoms with E-state index in [0.29, 0.717) is 12.0 Å². The van der Waals surface area contributed by atoms with Crippen LogP contribution in [0.3, 0.4) is 0 Å². The van der Waals surface area contributed by atoms with Crippen LogP contribution < -0.4 is 5.73 Å². The Kier molecular flexibility index (Phi) is 5.57. The van der Waals surface area contributed by atoms with Crippen LogP contribution in [-0.4, -0.2) is 30.5 Å². The third-order valence-electron chi connectivity index (χ3n) is 4.75. The molecule has 0 heterocycles. The van der Waals surface area contributed by atoms with Crippen molar-refractivity contribution >= 4 is 45.9 Å². The number of benzene rings is 1. The predicted molar refractivity (Wildman–Crippen MR) is 102 cm³/mol. The van der Waals surface area contributed by atoms with E-state index in [2.05, 4.69) is 52.1 Å². The first-order chi connectivity index (χ1) is 9.61. The van der Waals surface area contributed by atoms with Crippen LogP contribution in [-0.2, 0) is 5.41 Å². The van der Waals surface area contributed by atoms with Crippen LogP contribution in [0.2, 0.25) is 0 Å². The van der Waals surface area contributed by atoms with Crippen LogP contribution >= 0.6 is 39.9 Å². The molecule has 116 valence electrons.